The highest BCUT2D eigenvalue weighted by Gasteiger charge is 2.23. The summed E-state index contributed by atoms with van der Waals surface area (Å²) < 4.78 is 5.78. The molecule has 0 unspecified atom stereocenters. The Balaban J connectivity index is 1.62. The summed E-state index contributed by atoms with van der Waals surface area (Å²) in [6, 6.07) is 13.4. The van der Waals surface area contributed by atoms with Crippen LogP contribution in [-0.4, -0.2) is 43.2 Å². The number of nitrogens with one attached hydrogen (secondary N) is 1. The Labute approximate surface area is 165 Å². The van der Waals surface area contributed by atoms with Crippen LogP contribution in [-0.2, 0) is 0 Å². The van der Waals surface area contributed by atoms with Gasteiger partial charge in [-0.3, -0.25) is 0 Å². The van der Waals surface area contributed by atoms with E-state index in [-0.39, 0.29) is 12.1 Å². The van der Waals surface area contributed by atoms with E-state index in [0.717, 1.165) is 29.4 Å². The largest absolute Gasteiger partial charge is 0.489 e. The molecule has 3 rings (SSSR count). The third-order valence-corrected chi connectivity index (χ3v) is 5.05. The maximum atomic E-state index is 12.7. The lowest BCUT2D eigenvalue weighted by atomic mass is 10.1. The first-order chi connectivity index (χ1) is 13.0. The topological polar surface area (TPSA) is 44.8 Å². The number of piperazine rings is 1. The molecule has 1 aliphatic heterocycles. The molecule has 0 aliphatic carbocycles. The molecule has 2 aromatic carbocycles. The van der Waals surface area contributed by atoms with Crippen LogP contribution in [0.3, 0.4) is 0 Å². The van der Waals surface area contributed by atoms with Gasteiger partial charge in [-0.1, -0.05) is 29.8 Å². The molecule has 1 fully saturated rings. The highest BCUT2D eigenvalue weighted by molar-refractivity contribution is 6.31. The van der Waals surface area contributed by atoms with Crippen molar-refractivity contribution in [1.29, 1.82) is 0 Å². The van der Waals surface area contributed by atoms with Crippen molar-refractivity contribution in [3.05, 3.63) is 53.1 Å². The summed E-state index contributed by atoms with van der Waals surface area (Å²) in [5.41, 5.74) is 2.92. The molecule has 6 heteroatoms. The van der Waals surface area contributed by atoms with Crippen molar-refractivity contribution in [2.75, 3.05) is 36.4 Å². The second-order valence-corrected chi connectivity index (χ2v) is 7.36. The summed E-state index contributed by atoms with van der Waals surface area (Å²) in [6.07, 6.45) is 0.0486. The quantitative estimate of drug-likeness (QED) is 0.820. The number of rotatable bonds is 4. The standard InChI is InChI=1S/C21H26ClN3O2/c1-15(2)27-20-10-5-4-8-18(20)23-21(26)25-13-11-24(12-14-25)19-9-6-7-17(22)16(19)3/h4-10,15H,11-14H2,1-3H3,(H,23,26). The molecular weight excluding hydrogens is 362 g/mol. The minimum atomic E-state index is -0.0997. The fraction of sp³-hybridized carbons (Fsp3) is 0.381. The Kier molecular flexibility index (Phi) is 6.11. The number of ether oxygens (including phenoxy) is 1. The van der Waals surface area contributed by atoms with E-state index < -0.39 is 0 Å². The smallest absolute Gasteiger partial charge is 0.322 e. The van der Waals surface area contributed by atoms with E-state index in [1.54, 1.807) is 0 Å². The van der Waals surface area contributed by atoms with E-state index in [1.165, 1.54) is 0 Å². The van der Waals surface area contributed by atoms with Gasteiger partial charge in [0.25, 0.3) is 0 Å². The number of halogens is 1. The summed E-state index contributed by atoms with van der Waals surface area (Å²) in [7, 11) is 0. The molecule has 1 heterocycles. The van der Waals surface area contributed by atoms with Crippen LogP contribution >= 0.6 is 11.6 Å². The van der Waals surface area contributed by atoms with E-state index in [2.05, 4.69) is 16.3 Å². The normalized spacial score (nSPS) is 14.4. The van der Waals surface area contributed by atoms with Crippen LogP contribution in [0.1, 0.15) is 19.4 Å². The van der Waals surface area contributed by atoms with Crippen molar-refractivity contribution in [2.24, 2.45) is 0 Å². The van der Waals surface area contributed by atoms with E-state index in [1.807, 2.05) is 62.1 Å². The summed E-state index contributed by atoms with van der Waals surface area (Å²) in [5.74, 6) is 0.689. The predicted molar refractivity (Wildman–Crippen MR) is 111 cm³/mol. The summed E-state index contributed by atoms with van der Waals surface area (Å²) in [5, 5.41) is 3.76. The molecule has 0 aromatic heterocycles. The molecule has 0 saturated carbocycles. The Hall–Kier alpha value is -2.40. The van der Waals surface area contributed by atoms with Crippen LogP contribution in [0, 0.1) is 6.92 Å². The van der Waals surface area contributed by atoms with Gasteiger partial charge in [-0.15, -0.1) is 0 Å². The van der Waals surface area contributed by atoms with Gasteiger partial charge in [0.05, 0.1) is 11.8 Å². The third kappa shape index (κ3) is 4.66. The van der Waals surface area contributed by atoms with Crippen LogP contribution < -0.4 is 15.0 Å². The zero-order valence-corrected chi connectivity index (χ0v) is 16.8. The molecule has 0 spiro atoms. The zero-order valence-electron chi connectivity index (χ0n) is 16.0. The number of urea groups is 1. The Morgan fingerprint density at radius 2 is 1.78 bits per heavy atom. The average Bonchev–Trinajstić information content (AvgIpc) is 2.65. The highest BCUT2D eigenvalue weighted by atomic mass is 35.5. The van der Waals surface area contributed by atoms with Crippen molar-refractivity contribution < 1.29 is 9.53 Å². The minimum Gasteiger partial charge on any atom is -0.489 e. The van der Waals surface area contributed by atoms with E-state index in [9.17, 15) is 4.79 Å². The fourth-order valence-corrected chi connectivity index (χ4v) is 3.38. The Morgan fingerprint density at radius 1 is 1.07 bits per heavy atom. The molecule has 0 bridgehead atoms. The van der Waals surface area contributed by atoms with Crippen molar-refractivity contribution >= 4 is 29.0 Å². The van der Waals surface area contributed by atoms with Crippen LogP contribution in [0.25, 0.3) is 0 Å². The first-order valence-electron chi connectivity index (χ1n) is 9.27. The predicted octanol–water partition coefficient (Wildman–Crippen LogP) is 4.79. The number of carbonyl (C=O) groups is 1. The number of para-hydroxylation sites is 2. The molecule has 0 atom stereocenters. The fourth-order valence-electron chi connectivity index (χ4n) is 3.21. The Bertz CT molecular complexity index is 802. The third-order valence-electron chi connectivity index (χ3n) is 4.64. The van der Waals surface area contributed by atoms with Gasteiger partial charge < -0.3 is 19.9 Å². The van der Waals surface area contributed by atoms with Gasteiger partial charge in [0.2, 0.25) is 0 Å². The maximum Gasteiger partial charge on any atom is 0.322 e. The summed E-state index contributed by atoms with van der Waals surface area (Å²) >= 11 is 6.24. The number of benzene rings is 2. The second-order valence-electron chi connectivity index (χ2n) is 6.95. The number of amides is 2. The van der Waals surface area contributed by atoms with Gasteiger partial charge >= 0.3 is 6.03 Å². The molecule has 1 aliphatic rings. The van der Waals surface area contributed by atoms with E-state index >= 15 is 0 Å². The summed E-state index contributed by atoms with van der Waals surface area (Å²) in [4.78, 5) is 16.8. The number of carbonyl (C=O) groups excluding carboxylic acids is 1. The molecule has 0 radical (unpaired) electrons. The number of anilines is 2. The second kappa shape index (κ2) is 8.53. The lowest BCUT2D eigenvalue weighted by molar-refractivity contribution is 0.207. The summed E-state index contributed by atoms with van der Waals surface area (Å²) in [6.45, 7) is 8.83. The maximum absolute atomic E-state index is 12.7. The first kappa shape index (κ1) is 19.4. The van der Waals surface area contributed by atoms with Gasteiger partial charge in [0.1, 0.15) is 5.75 Å². The first-order valence-corrected chi connectivity index (χ1v) is 9.65. The van der Waals surface area contributed by atoms with Gasteiger partial charge in [0, 0.05) is 36.9 Å². The molecule has 27 heavy (non-hydrogen) atoms. The molecule has 2 amide bonds. The van der Waals surface area contributed by atoms with Crippen LogP contribution in [0.15, 0.2) is 42.5 Å². The Morgan fingerprint density at radius 3 is 2.48 bits per heavy atom. The number of hydrogen-bond acceptors (Lipinski definition) is 3. The lowest BCUT2D eigenvalue weighted by Gasteiger charge is -2.37. The van der Waals surface area contributed by atoms with Crippen molar-refractivity contribution in [2.45, 2.75) is 26.9 Å². The van der Waals surface area contributed by atoms with Crippen LogP contribution in [0.5, 0.6) is 5.75 Å². The average molecular weight is 388 g/mol. The van der Waals surface area contributed by atoms with Gasteiger partial charge in [0.15, 0.2) is 0 Å². The van der Waals surface area contributed by atoms with Gasteiger partial charge in [-0.25, -0.2) is 4.79 Å². The molecule has 1 saturated heterocycles. The molecule has 1 N–H and O–H groups in total. The van der Waals surface area contributed by atoms with E-state index in [0.29, 0.717) is 24.5 Å². The molecule has 144 valence electrons. The molecule has 2 aromatic rings. The number of nitrogens with zero attached hydrogens (tertiary/aromatic N) is 2. The minimum absolute atomic E-state index is 0.0486. The van der Waals surface area contributed by atoms with Crippen molar-refractivity contribution in [3.8, 4) is 5.75 Å². The monoisotopic (exact) mass is 387 g/mol. The SMILES string of the molecule is Cc1c(Cl)cccc1N1CCN(C(=O)Nc2ccccc2OC(C)C)CC1. The van der Waals surface area contributed by atoms with Gasteiger partial charge in [-0.05, 0) is 50.6 Å². The van der Waals surface area contributed by atoms with Crippen LogP contribution in [0.2, 0.25) is 5.02 Å². The van der Waals surface area contributed by atoms with E-state index in [4.69, 9.17) is 16.3 Å². The zero-order chi connectivity index (χ0) is 19.4. The van der Waals surface area contributed by atoms with Crippen LogP contribution in [0.4, 0.5) is 16.2 Å². The highest BCUT2D eigenvalue weighted by Crippen LogP contribution is 2.28. The molecule has 5 nitrogen and oxygen atoms in total. The van der Waals surface area contributed by atoms with Crippen molar-refractivity contribution in [1.82, 2.24) is 4.90 Å². The molecular formula is C21H26ClN3O2. The van der Waals surface area contributed by atoms with Gasteiger partial charge in [-0.2, -0.15) is 0 Å². The number of hydrogen-bond donors (Lipinski definition) is 1. The van der Waals surface area contributed by atoms with Crippen molar-refractivity contribution in [3.63, 3.8) is 0 Å². The lowest BCUT2D eigenvalue weighted by Crippen LogP contribution is -2.50.